The van der Waals surface area contributed by atoms with Crippen LogP contribution in [-0.2, 0) is 13.1 Å². The van der Waals surface area contributed by atoms with Crippen molar-refractivity contribution in [3.05, 3.63) is 45.9 Å². The molecular weight excluding hydrogens is 278 g/mol. The van der Waals surface area contributed by atoms with Crippen molar-refractivity contribution in [1.29, 1.82) is 0 Å². The van der Waals surface area contributed by atoms with E-state index in [1.807, 2.05) is 0 Å². The summed E-state index contributed by atoms with van der Waals surface area (Å²) in [6, 6.07) is 8.57. The van der Waals surface area contributed by atoms with Crippen molar-refractivity contribution in [2.75, 3.05) is 11.9 Å². The SMILES string of the molecule is Cc1nc(CN(C)c2ccccc2CNC(C)(C)C)cs1. The topological polar surface area (TPSA) is 28.2 Å². The zero-order valence-electron chi connectivity index (χ0n) is 13.6. The van der Waals surface area contributed by atoms with E-state index < -0.39 is 0 Å². The summed E-state index contributed by atoms with van der Waals surface area (Å²) in [4.78, 5) is 6.82. The van der Waals surface area contributed by atoms with Gasteiger partial charge in [0.05, 0.1) is 17.2 Å². The Morgan fingerprint density at radius 3 is 2.57 bits per heavy atom. The minimum absolute atomic E-state index is 0.123. The van der Waals surface area contributed by atoms with Crippen LogP contribution in [0.1, 0.15) is 37.0 Å². The van der Waals surface area contributed by atoms with Crippen molar-refractivity contribution in [3.63, 3.8) is 0 Å². The Labute approximate surface area is 132 Å². The van der Waals surface area contributed by atoms with Gasteiger partial charge in [-0.2, -0.15) is 0 Å². The summed E-state index contributed by atoms with van der Waals surface area (Å²) in [5.41, 5.74) is 3.85. The molecule has 1 N–H and O–H groups in total. The van der Waals surface area contributed by atoms with E-state index in [-0.39, 0.29) is 5.54 Å². The van der Waals surface area contributed by atoms with E-state index in [9.17, 15) is 0 Å². The number of hydrogen-bond donors (Lipinski definition) is 1. The molecule has 0 aliphatic rings. The smallest absolute Gasteiger partial charge is 0.0898 e. The highest BCUT2D eigenvalue weighted by Crippen LogP contribution is 2.22. The van der Waals surface area contributed by atoms with Gasteiger partial charge in [0.2, 0.25) is 0 Å². The molecule has 0 saturated carbocycles. The molecule has 0 spiro atoms. The molecule has 0 aliphatic heterocycles. The van der Waals surface area contributed by atoms with E-state index in [0.29, 0.717) is 0 Å². The molecule has 4 heteroatoms. The van der Waals surface area contributed by atoms with E-state index in [1.54, 1.807) is 11.3 Å². The van der Waals surface area contributed by atoms with Gasteiger partial charge in [-0.1, -0.05) is 18.2 Å². The van der Waals surface area contributed by atoms with Crippen molar-refractivity contribution < 1.29 is 0 Å². The number of benzene rings is 1. The Morgan fingerprint density at radius 1 is 1.24 bits per heavy atom. The van der Waals surface area contributed by atoms with E-state index >= 15 is 0 Å². The fourth-order valence-electron chi connectivity index (χ4n) is 2.20. The number of rotatable bonds is 5. The third-order valence-electron chi connectivity index (χ3n) is 3.28. The standard InChI is InChI=1S/C17H25N3S/c1-13-19-15(12-21-13)11-20(5)16-9-7-6-8-14(16)10-18-17(2,3)4/h6-9,12,18H,10-11H2,1-5H3. The molecule has 0 unspecified atom stereocenters. The van der Waals surface area contributed by atoms with Gasteiger partial charge in [-0.15, -0.1) is 11.3 Å². The molecule has 3 nitrogen and oxygen atoms in total. The predicted octanol–water partition coefficient (Wildman–Crippen LogP) is 3.98. The molecule has 0 aliphatic carbocycles. The van der Waals surface area contributed by atoms with E-state index in [0.717, 1.165) is 23.8 Å². The number of aromatic nitrogens is 1. The predicted molar refractivity (Wildman–Crippen MR) is 92.0 cm³/mol. The first-order valence-corrected chi connectivity index (χ1v) is 8.18. The second-order valence-corrected chi connectivity index (χ2v) is 7.51. The van der Waals surface area contributed by atoms with Crippen LogP contribution in [-0.4, -0.2) is 17.6 Å². The van der Waals surface area contributed by atoms with Crippen LogP contribution >= 0.6 is 11.3 Å². The maximum atomic E-state index is 4.55. The van der Waals surface area contributed by atoms with Crippen molar-refractivity contribution >= 4 is 17.0 Å². The largest absolute Gasteiger partial charge is 0.368 e. The summed E-state index contributed by atoms with van der Waals surface area (Å²) in [5.74, 6) is 0. The number of nitrogens with zero attached hydrogens (tertiary/aromatic N) is 2. The number of anilines is 1. The third-order valence-corrected chi connectivity index (χ3v) is 4.10. The minimum Gasteiger partial charge on any atom is -0.368 e. The van der Waals surface area contributed by atoms with Gasteiger partial charge in [-0.3, -0.25) is 0 Å². The molecule has 114 valence electrons. The molecule has 0 saturated heterocycles. The van der Waals surface area contributed by atoms with Crippen LogP contribution in [0.4, 0.5) is 5.69 Å². The lowest BCUT2D eigenvalue weighted by Gasteiger charge is -2.25. The van der Waals surface area contributed by atoms with Gasteiger partial charge in [0, 0.05) is 30.2 Å². The van der Waals surface area contributed by atoms with Gasteiger partial charge in [0.25, 0.3) is 0 Å². The maximum absolute atomic E-state index is 4.55. The quantitative estimate of drug-likeness (QED) is 0.905. The minimum atomic E-state index is 0.123. The lowest BCUT2D eigenvalue weighted by molar-refractivity contribution is 0.424. The molecule has 1 aromatic heterocycles. The lowest BCUT2D eigenvalue weighted by Crippen LogP contribution is -2.35. The van der Waals surface area contributed by atoms with Crippen molar-refractivity contribution in [3.8, 4) is 0 Å². The molecule has 0 bridgehead atoms. The summed E-state index contributed by atoms with van der Waals surface area (Å²) >= 11 is 1.71. The van der Waals surface area contributed by atoms with E-state index in [2.05, 4.69) is 79.6 Å². The third kappa shape index (κ3) is 4.83. The Kier molecular flexibility index (Phi) is 5.01. The molecule has 0 atom stereocenters. The fraction of sp³-hybridized carbons (Fsp3) is 0.471. The summed E-state index contributed by atoms with van der Waals surface area (Å²) in [6.45, 7) is 10.3. The fourth-order valence-corrected chi connectivity index (χ4v) is 2.81. The number of para-hydroxylation sites is 1. The van der Waals surface area contributed by atoms with Gasteiger partial charge in [0.1, 0.15) is 0 Å². The average molecular weight is 303 g/mol. The van der Waals surface area contributed by atoms with Crippen LogP contribution in [0, 0.1) is 6.92 Å². The van der Waals surface area contributed by atoms with Crippen molar-refractivity contribution in [1.82, 2.24) is 10.3 Å². The molecular formula is C17H25N3S. The van der Waals surface area contributed by atoms with E-state index in [4.69, 9.17) is 0 Å². The molecule has 0 amide bonds. The zero-order chi connectivity index (χ0) is 15.5. The summed E-state index contributed by atoms with van der Waals surface area (Å²) < 4.78 is 0. The lowest BCUT2D eigenvalue weighted by atomic mass is 10.1. The van der Waals surface area contributed by atoms with Gasteiger partial charge < -0.3 is 10.2 Å². The van der Waals surface area contributed by atoms with Crippen LogP contribution in [0.5, 0.6) is 0 Å². The van der Waals surface area contributed by atoms with Crippen LogP contribution in [0.2, 0.25) is 0 Å². The normalized spacial score (nSPS) is 11.7. The summed E-state index contributed by atoms with van der Waals surface area (Å²) in [6.07, 6.45) is 0. The van der Waals surface area contributed by atoms with Gasteiger partial charge in [-0.25, -0.2) is 4.98 Å². The summed E-state index contributed by atoms with van der Waals surface area (Å²) in [5, 5.41) is 6.83. The molecule has 0 fully saturated rings. The highest BCUT2D eigenvalue weighted by atomic mass is 32.1. The van der Waals surface area contributed by atoms with Gasteiger partial charge in [0.15, 0.2) is 0 Å². The van der Waals surface area contributed by atoms with Gasteiger partial charge in [-0.05, 0) is 39.3 Å². The number of nitrogens with one attached hydrogen (secondary N) is 1. The first-order chi connectivity index (χ1) is 9.85. The molecule has 0 radical (unpaired) electrons. The maximum Gasteiger partial charge on any atom is 0.0898 e. The van der Waals surface area contributed by atoms with Crippen LogP contribution in [0.3, 0.4) is 0 Å². The summed E-state index contributed by atoms with van der Waals surface area (Å²) in [7, 11) is 2.13. The Balaban J connectivity index is 2.11. The Morgan fingerprint density at radius 2 is 1.95 bits per heavy atom. The van der Waals surface area contributed by atoms with Crippen molar-refractivity contribution in [2.45, 2.75) is 46.3 Å². The second-order valence-electron chi connectivity index (χ2n) is 6.45. The molecule has 2 rings (SSSR count). The van der Waals surface area contributed by atoms with Gasteiger partial charge >= 0.3 is 0 Å². The van der Waals surface area contributed by atoms with Crippen LogP contribution in [0.15, 0.2) is 29.6 Å². The first-order valence-electron chi connectivity index (χ1n) is 7.30. The molecule has 2 aromatic rings. The second kappa shape index (κ2) is 6.58. The highest BCUT2D eigenvalue weighted by molar-refractivity contribution is 7.09. The molecule has 21 heavy (non-hydrogen) atoms. The molecule has 1 heterocycles. The molecule has 1 aromatic carbocycles. The zero-order valence-corrected chi connectivity index (χ0v) is 14.4. The van der Waals surface area contributed by atoms with E-state index in [1.165, 1.54) is 11.3 Å². The van der Waals surface area contributed by atoms with Crippen LogP contribution < -0.4 is 10.2 Å². The monoisotopic (exact) mass is 303 g/mol. The Bertz CT molecular complexity index is 584. The Hall–Kier alpha value is -1.39. The first kappa shape index (κ1) is 16.0. The number of thiazole rings is 1. The van der Waals surface area contributed by atoms with Crippen LogP contribution in [0.25, 0.3) is 0 Å². The van der Waals surface area contributed by atoms with Crippen molar-refractivity contribution in [2.24, 2.45) is 0 Å². The number of aryl methyl sites for hydroxylation is 1. The number of hydrogen-bond acceptors (Lipinski definition) is 4. The highest BCUT2D eigenvalue weighted by Gasteiger charge is 2.12. The average Bonchev–Trinajstić information content (AvgIpc) is 2.81.